The molecule has 2 N–H and O–H groups in total. The lowest BCUT2D eigenvalue weighted by molar-refractivity contribution is 0.602. The Balaban J connectivity index is 2.72. The van der Waals surface area contributed by atoms with Crippen molar-refractivity contribution in [2.24, 2.45) is 0 Å². The Bertz CT molecular complexity index is 302. The number of aromatic nitrogens is 2. The van der Waals surface area contributed by atoms with E-state index in [1.54, 1.807) is 6.92 Å². The maximum Gasteiger partial charge on any atom is 0.233 e. The number of imidazole rings is 1. The number of aromatic amines is 1. The minimum Gasteiger partial charge on any atom is -0.331 e. The predicted molar refractivity (Wildman–Crippen MR) is 41.7 cm³/mol. The standard InChI is InChI=1S/C5H9N3O2S/c1-2-11(9,10)8-5-3-6-4-7-5/h3-4,8H,2H2,1H3,(H,6,7). The lowest BCUT2D eigenvalue weighted by atomic mass is 10.8. The molecule has 0 saturated carbocycles. The molecule has 6 heteroatoms. The zero-order valence-corrected chi connectivity index (χ0v) is 6.85. The molecule has 0 bridgehead atoms. The largest absolute Gasteiger partial charge is 0.331 e. The third-order valence-corrected chi connectivity index (χ3v) is 2.43. The average molecular weight is 175 g/mol. The van der Waals surface area contributed by atoms with E-state index in [0.29, 0.717) is 5.82 Å². The van der Waals surface area contributed by atoms with E-state index in [2.05, 4.69) is 14.7 Å². The number of sulfonamides is 1. The van der Waals surface area contributed by atoms with Gasteiger partial charge in [-0.25, -0.2) is 13.4 Å². The van der Waals surface area contributed by atoms with Gasteiger partial charge in [0.15, 0.2) is 0 Å². The van der Waals surface area contributed by atoms with Gasteiger partial charge in [-0.3, -0.25) is 4.72 Å². The Morgan fingerprint density at radius 2 is 2.45 bits per heavy atom. The van der Waals surface area contributed by atoms with Crippen molar-refractivity contribution in [1.82, 2.24) is 9.97 Å². The highest BCUT2D eigenvalue weighted by atomic mass is 32.2. The molecule has 0 aromatic carbocycles. The molecule has 11 heavy (non-hydrogen) atoms. The summed E-state index contributed by atoms with van der Waals surface area (Å²) >= 11 is 0. The van der Waals surface area contributed by atoms with Gasteiger partial charge in [0.05, 0.1) is 18.3 Å². The Morgan fingerprint density at radius 1 is 1.73 bits per heavy atom. The Kier molecular flexibility index (Phi) is 2.13. The minimum atomic E-state index is -3.16. The van der Waals surface area contributed by atoms with Crippen LogP contribution in [0.4, 0.5) is 5.82 Å². The fourth-order valence-electron chi connectivity index (χ4n) is 0.551. The average Bonchev–Trinajstić information content (AvgIpc) is 2.39. The first-order chi connectivity index (χ1) is 5.14. The van der Waals surface area contributed by atoms with E-state index in [9.17, 15) is 8.42 Å². The monoisotopic (exact) mass is 175 g/mol. The van der Waals surface area contributed by atoms with E-state index in [1.807, 2.05) is 0 Å². The second kappa shape index (κ2) is 2.91. The summed E-state index contributed by atoms with van der Waals surface area (Å²) < 4.78 is 24.1. The van der Waals surface area contributed by atoms with Crippen molar-refractivity contribution in [3.05, 3.63) is 12.5 Å². The van der Waals surface area contributed by atoms with Crippen LogP contribution in [0.2, 0.25) is 0 Å². The Hall–Kier alpha value is -1.04. The predicted octanol–water partition coefficient (Wildman–Crippen LogP) is 0.171. The second-order valence-electron chi connectivity index (χ2n) is 1.97. The van der Waals surface area contributed by atoms with E-state index in [4.69, 9.17) is 0 Å². The highest BCUT2D eigenvalue weighted by Crippen LogP contribution is 2.01. The van der Waals surface area contributed by atoms with Crippen molar-refractivity contribution in [2.45, 2.75) is 6.92 Å². The fourth-order valence-corrected chi connectivity index (χ4v) is 1.14. The van der Waals surface area contributed by atoms with Gasteiger partial charge in [-0.1, -0.05) is 0 Å². The summed E-state index contributed by atoms with van der Waals surface area (Å²) in [6.07, 6.45) is 2.82. The minimum absolute atomic E-state index is 0.0615. The number of hydrogen-bond acceptors (Lipinski definition) is 3. The summed E-state index contributed by atoms with van der Waals surface area (Å²) in [7, 11) is -3.16. The molecular formula is C5H9N3O2S. The molecule has 0 fully saturated rings. The molecule has 0 aliphatic rings. The lowest BCUT2D eigenvalue weighted by Gasteiger charge is -2.00. The smallest absolute Gasteiger partial charge is 0.233 e. The van der Waals surface area contributed by atoms with E-state index >= 15 is 0 Å². The van der Waals surface area contributed by atoms with E-state index in [-0.39, 0.29) is 5.75 Å². The van der Waals surface area contributed by atoms with Crippen molar-refractivity contribution >= 4 is 15.8 Å². The van der Waals surface area contributed by atoms with Crippen molar-refractivity contribution in [1.29, 1.82) is 0 Å². The van der Waals surface area contributed by atoms with Crippen LogP contribution in [0.5, 0.6) is 0 Å². The molecule has 5 nitrogen and oxygen atoms in total. The van der Waals surface area contributed by atoms with Crippen molar-refractivity contribution in [3.63, 3.8) is 0 Å². The van der Waals surface area contributed by atoms with Gasteiger partial charge in [0.2, 0.25) is 10.0 Å². The first-order valence-corrected chi connectivity index (χ1v) is 4.78. The van der Waals surface area contributed by atoms with E-state index in [0.717, 1.165) is 0 Å². The van der Waals surface area contributed by atoms with Crippen LogP contribution in [-0.4, -0.2) is 24.1 Å². The Morgan fingerprint density at radius 3 is 2.91 bits per heavy atom. The number of H-pyrrole nitrogens is 1. The summed E-state index contributed by atoms with van der Waals surface area (Å²) in [5.41, 5.74) is 0. The van der Waals surface area contributed by atoms with E-state index < -0.39 is 10.0 Å². The fraction of sp³-hybridized carbons (Fsp3) is 0.400. The molecule has 0 aliphatic carbocycles. The summed E-state index contributed by atoms with van der Waals surface area (Å²) in [6.45, 7) is 1.57. The molecule has 0 amide bonds. The van der Waals surface area contributed by atoms with Crippen molar-refractivity contribution in [3.8, 4) is 0 Å². The van der Waals surface area contributed by atoms with Gasteiger partial charge in [0.25, 0.3) is 0 Å². The molecule has 62 valence electrons. The maximum atomic E-state index is 10.9. The van der Waals surface area contributed by atoms with Crippen LogP contribution in [0.3, 0.4) is 0 Å². The number of nitrogens with one attached hydrogen (secondary N) is 2. The molecular weight excluding hydrogens is 166 g/mol. The molecule has 1 aromatic heterocycles. The van der Waals surface area contributed by atoms with Gasteiger partial charge < -0.3 is 4.98 Å². The van der Waals surface area contributed by atoms with Gasteiger partial charge in [-0.2, -0.15) is 0 Å². The second-order valence-corrected chi connectivity index (χ2v) is 3.98. The lowest BCUT2D eigenvalue weighted by Crippen LogP contribution is -2.14. The number of nitrogens with zero attached hydrogens (tertiary/aromatic N) is 1. The molecule has 0 unspecified atom stereocenters. The van der Waals surface area contributed by atoms with Gasteiger partial charge in [-0.05, 0) is 6.92 Å². The topological polar surface area (TPSA) is 74.8 Å². The zero-order valence-electron chi connectivity index (χ0n) is 6.03. The Labute approximate surface area is 64.9 Å². The summed E-state index contributed by atoms with van der Waals surface area (Å²) in [6, 6.07) is 0. The molecule has 0 aliphatic heterocycles. The normalized spacial score (nSPS) is 11.4. The molecule has 1 heterocycles. The summed E-state index contributed by atoms with van der Waals surface area (Å²) in [4.78, 5) is 6.28. The number of hydrogen-bond donors (Lipinski definition) is 2. The van der Waals surface area contributed by atoms with Crippen LogP contribution in [-0.2, 0) is 10.0 Å². The third kappa shape index (κ3) is 2.23. The summed E-state index contributed by atoms with van der Waals surface area (Å²) in [5, 5.41) is 0. The molecule has 0 saturated heterocycles. The maximum absolute atomic E-state index is 10.9. The van der Waals surface area contributed by atoms with Gasteiger partial charge in [-0.15, -0.1) is 0 Å². The highest BCUT2D eigenvalue weighted by molar-refractivity contribution is 7.92. The molecule has 0 spiro atoms. The van der Waals surface area contributed by atoms with Crippen LogP contribution >= 0.6 is 0 Å². The molecule has 0 atom stereocenters. The van der Waals surface area contributed by atoms with Crippen LogP contribution in [0.15, 0.2) is 12.5 Å². The van der Waals surface area contributed by atoms with Crippen LogP contribution in [0.25, 0.3) is 0 Å². The van der Waals surface area contributed by atoms with Crippen LogP contribution in [0.1, 0.15) is 6.92 Å². The molecule has 1 rings (SSSR count). The van der Waals surface area contributed by atoms with Gasteiger partial charge >= 0.3 is 0 Å². The van der Waals surface area contributed by atoms with Gasteiger partial charge in [0.1, 0.15) is 5.82 Å². The first-order valence-electron chi connectivity index (χ1n) is 3.13. The number of rotatable bonds is 3. The van der Waals surface area contributed by atoms with Crippen molar-refractivity contribution < 1.29 is 8.42 Å². The van der Waals surface area contributed by atoms with Gasteiger partial charge in [0, 0.05) is 0 Å². The molecule has 0 radical (unpaired) electrons. The quantitative estimate of drug-likeness (QED) is 0.687. The van der Waals surface area contributed by atoms with Crippen molar-refractivity contribution in [2.75, 3.05) is 10.5 Å². The summed E-state index contributed by atoms with van der Waals surface area (Å²) in [5.74, 6) is 0.457. The van der Waals surface area contributed by atoms with Crippen LogP contribution < -0.4 is 4.72 Å². The third-order valence-electron chi connectivity index (χ3n) is 1.14. The van der Waals surface area contributed by atoms with E-state index in [1.165, 1.54) is 12.5 Å². The molecule has 1 aromatic rings. The zero-order chi connectivity index (χ0) is 8.32. The first kappa shape index (κ1) is 8.06. The van der Waals surface area contributed by atoms with Crippen LogP contribution in [0, 0.1) is 0 Å². The number of anilines is 1. The highest BCUT2D eigenvalue weighted by Gasteiger charge is 2.05. The SMILES string of the molecule is CCS(=O)(=O)Nc1cnc[nH]1.